The molecule has 0 aliphatic carbocycles. The number of hydrogen-bond acceptors (Lipinski definition) is 5. The molecule has 0 heterocycles. The van der Waals surface area contributed by atoms with E-state index in [1.165, 1.54) is 0 Å². The maximum absolute atomic E-state index is 10.2. The Balaban J connectivity index is 3.03. The molecule has 1 atom stereocenters. The molecule has 1 rings (SSSR count). The van der Waals surface area contributed by atoms with E-state index in [1.54, 1.807) is 33.5 Å². The maximum atomic E-state index is 10.2. The van der Waals surface area contributed by atoms with E-state index >= 15 is 0 Å². The van der Waals surface area contributed by atoms with E-state index in [4.69, 9.17) is 14.2 Å². The quantitative estimate of drug-likeness (QED) is 0.789. The minimum atomic E-state index is -0.669. The molecule has 1 aromatic carbocycles. The van der Waals surface area contributed by atoms with Gasteiger partial charge in [-0.15, -0.1) is 0 Å². The SMILES string of the molecule is COc1cc(OC)c(C(O)CNC(C)C)cc1OC. The molecular formula is C14H23NO4. The number of hydrogen-bond donors (Lipinski definition) is 2. The van der Waals surface area contributed by atoms with Crippen LogP contribution in [0.3, 0.4) is 0 Å². The van der Waals surface area contributed by atoms with Gasteiger partial charge in [0.1, 0.15) is 5.75 Å². The highest BCUT2D eigenvalue weighted by atomic mass is 16.5. The molecule has 19 heavy (non-hydrogen) atoms. The molecule has 0 saturated carbocycles. The van der Waals surface area contributed by atoms with Crippen LogP contribution in [0.1, 0.15) is 25.5 Å². The molecule has 108 valence electrons. The summed E-state index contributed by atoms with van der Waals surface area (Å²) in [4.78, 5) is 0. The van der Waals surface area contributed by atoms with Crippen LogP contribution in [0.2, 0.25) is 0 Å². The Labute approximate surface area is 114 Å². The Morgan fingerprint density at radius 1 is 1.00 bits per heavy atom. The van der Waals surface area contributed by atoms with Crippen molar-refractivity contribution in [2.24, 2.45) is 0 Å². The fourth-order valence-electron chi connectivity index (χ4n) is 1.77. The van der Waals surface area contributed by atoms with Crippen LogP contribution < -0.4 is 19.5 Å². The zero-order valence-corrected chi connectivity index (χ0v) is 12.2. The standard InChI is InChI=1S/C14H23NO4/c1-9(2)15-8-11(16)10-6-13(18-4)14(19-5)7-12(10)17-3/h6-7,9,11,15-16H,8H2,1-5H3. The summed E-state index contributed by atoms with van der Waals surface area (Å²) in [5, 5.41) is 13.4. The van der Waals surface area contributed by atoms with Gasteiger partial charge in [-0.25, -0.2) is 0 Å². The van der Waals surface area contributed by atoms with Gasteiger partial charge < -0.3 is 24.6 Å². The monoisotopic (exact) mass is 269 g/mol. The molecular weight excluding hydrogens is 246 g/mol. The molecule has 0 amide bonds. The summed E-state index contributed by atoms with van der Waals surface area (Å²) < 4.78 is 15.7. The van der Waals surface area contributed by atoms with Crippen LogP contribution in [0, 0.1) is 0 Å². The lowest BCUT2D eigenvalue weighted by molar-refractivity contribution is 0.167. The fraction of sp³-hybridized carbons (Fsp3) is 0.571. The number of aliphatic hydroxyl groups excluding tert-OH is 1. The average molecular weight is 269 g/mol. The maximum Gasteiger partial charge on any atom is 0.164 e. The third kappa shape index (κ3) is 4.01. The van der Waals surface area contributed by atoms with Crippen molar-refractivity contribution in [3.8, 4) is 17.2 Å². The summed E-state index contributed by atoms with van der Waals surface area (Å²) in [6.07, 6.45) is -0.669. The molecule has 0 aliphatic rings. The third-order valence-corrected chi connectivity index (χ3v) is 2.81. The summed E-state index contributed by atoms with van der Waals surface area (Å²) in [6, 6.07) is 3.76. The van der Waals surface area contributed by atoms with Crippen LogP contribution in [-0.4, -0.2) is 39.0 Å². The van der Waals surface area contributed by atoms with Crippen molar-refractivity contribution in [1.29, 1.82) is 0 Å². The van der Waals surface area contributed by atoms with Crippen LogP contribution in [0.15, 0.2) is 12.1 Å². The second-order valence-electron chi connectivity index (χ2n) is 4.53. The lowest BCUT2D eigenvalue weighted by Gasteiger charge is -2.19. The zero-order valence-electron chi connectivity index (χ0n) is 12.2. The van der Waals surface area contributed by atoms with E-state index in [2.05, 4.69) is 5.32 Å². The van der Waals surface area contributed by atoms with Crippen LogP contribution in [0.4, 0.5) is 0 Å². The Kier molecular flexibility index (Phi) is 5.92. The van der Waals surface area contributed by atoms with Crippen molar-refractivity contribution in [1.82, 2.24) is 5.32 Å². The molecule has 0 aromatic heterocycles. The molecule has 0 fully saturated rings. The molecule has 0 bridgehead atoms. The van der Waals surface area contributed by atoms with Gasteiger partial charge in [-0.2, -0.15) is 0 Å². The number of methoxy groups -OCH3 is 3. The number of rotatable bonds is 7. The normalized spacial score (nSPS) is 12.4. The highest BCUT2D eigenvalue weighted by molar-refractivity contribution is 5.51. The van der Waals surface area contributed by atoms with Crippen molar-refractivity contribution in [3.05, 3.63) is 17.7 Å². The number of nitrogens with one attached hydrogen (secondary N) is 1. The Hall–Kier alpha value is -1.46. The molecule has 1 aromatic rings. The smallest absolute Gasteiger partial charge is 0.164 e. The summed E-state index contributed by atoms with van der Waals surface area (Å²) in [5.41, 5.74) is 0.674. The minimum absolute atomic E-state index is 0.306. The Morgan fingerprint density at radius 2 is 1.53 bits per heavy atom. The van der Waals surface area contributed by atoms with Gasteiger partial charge in [0.25, 0.3) is 0 Å². The second-order valence-corrected chi connectivity index (χ2v) is 4.53. The van der Waals surface area contributed by atoms with E-state index < -0.39 is 6.10 Å². The van der Waals surface area contributed by atoms with Gasteiger partial charge in [0, 0.05) is 24.2 Å². The van der Waals surface area contributed by atoms with Crippen LogP contribution >= 0.6 is 0 Å². The van der Waals surface area contributed by atoms with Gasteiger partial charge in [0.2, 0.25) is 0 Å². The minimum Gasteiger partial charge on any atom is -0.496 e. The molecule has 0 aliphatic heterocycles. The zero-order chi connectivity index (χ0) is 14.4. The average Bonchev–Trinajstić information content (AvgIpc) is 2.42. The summed E-state index contributed by atoms with van der Waals surface area (Å²) >= 11 is 0. The van der Waals surface area contributed by atoms with Gasteiger partial charge in [-0.3, -0.25) is 0 Å². The van der Waals surface area contributed by atoms with E-state index in [1.807, 2.05) is 13.8 Å². The number of ether oxygens (including phenoxy) is 3. The van der Waals surface area contributed by atoms with Crippen LogP contribution in [-0.2, 0) is 0 Å². The lowest BCUT2D eigenvalue weighted by Crippen LogP contribution is -2.28. The topological polar surface area (TPSA) is 60.0 Å². The second kappa shape index (κ2) is 7.21. The third-order valence-electron chi connectivity index (χ3n) is 2.81. The van der Waals surface area contributed by atoms with Gasteiger partial charge in [-0.05, 0) is 6.07 Å². The first kappa shape index (κ1) is 15.6. The number of benzene rings is 1. The van der Waals surface area contributed by atoms with E-state index in [9.17, 15) is 5.11 Å². The first-order valence-electron chi connectivity index (χ1n) is 6.24. The van der Waals surface area contributed by atoms with Crippen LogP contribution in [0.25, 0.3) is 0 Å². The van der Waals surface area contributed by atoms with Crippen LogP contribution in [0.5, 0.6) is 17.2 Å². The van der Waals surface area contributed by atoms with Crippen molar-refractivity contribution in [2.75, 3.05) is 27.9 Å². The summed E-state index contributed by atoms with van der Waals surface area (Å²) in [6.45, 7) is 4.50. The predicted molar refractivity (Wildman–Crippen MR) is 74.2 cm³/mol. The van der Waals surface area contributed by atoms with Crippen molar-refractivity contribution in [3.63, 3.8) is 0 Å². The van der Waals surface area contributed by atoms with E-state index in [0.29, 0.717) is 35.4 Å². The molecule has 0 saturated heterocycles. The highest BCUT2D eigenvalue weighted by Crippen LogP contribution is 2.37. The molecule has 5 heteroatoms. The van der Waals surface area contributed by atoms with Gasteiger partial charge in [-0.1, -0.05) is 13.8 Å². The fourth-order valence-corrected chi connectivity index (χ4v) is 1.77. The van der Waals surface area contributed by atoms with E-state index in [0.717, 1.165) is 0 Å². The molecule has 0 radical (unpaired) electrons. The number of aliphatic hydroxyl groups is 1. The first-order valence-corrected chi connectivity index (χ1v) is 6.24. The Bertz CT molecular complexity index is 407. The highest BCUT2D eigenvalue weighted by Gasteiger charge is 2.18. The van der Waals surface area contributed by atoms with Gasteiger partial charge in [0.15, 0.2) is 11.5 Å². The van der Waals surface area contributed by atoms with Gasteiger partial charge >= 0.3 is 0 Å². The molecule has 1 unspecified atom stereocenters. The summed E-state index contributed by atoms with van der Waals surface area (Å²) in [7, 11) is 4.69. The Morgan fingerprint density at radius 3 is 2.00 bits per heavy atom. The molecule has 0 spiro atoms. The van der Waals surface area contributed by atoms with Crippen molar-refractivity contribution in [2.45, 2.75) is 26.0 Å². The largest absolute Gasteiger partial charge is 0.496 e. The van der Waals surface area contributed by atoms with Crippen molar-refractivity contribution >= 4 is 0 Å². The summed E-state index contributed by atoms with van der Waals surface area (Å²) in [5.74, 6) is 1.73. The molecule has 5 nitrogen and oxygen atoms in total. The molecule has 2 N–H and O–H groups in total. The first-order chi connectivity index (χ1) is 9.03. The lowest BCUT2D eigenvalue weighted by atomic mass is 10.1. The van der Waals surface area contributed by atoms with Gasteiger partial charge in [0.05, 0.1) is 27.4 Å². The van der Waals surface area contributed by atoms with E-state index in [-0.39, 0.29) is 0 Å². The predicted octanol–water partition coefficient (Wildman–Crippen LogP) is 1.74. The van der Waals surface area contributed by atoms with Crippen molar-refractivity contribution < 1.29 is 19.3 Å².